The lowest BCUT2D eigenvalue weighted by Crippen LogP contribution is -2.66. The van der Waals surface area contributed by atoms with Gasteiger partial charge in [-0.15, -0.1) is 0 Å². The van der Waals surface area contributed by atoms with Gasteiger partial charge in [-0.25, -0.2) is 0 Å². The Balaban J connectivity index is 1.95. The molecule has 1 N–H and O–H groups in total. The molecular weight excluding hydrogens is 173 g/mol. The molecule has 0 aromatic heterocycles. The van der Waals surface area contributed by atoms with Crippen LogP contribution < -0.4 is 5.23 Å². The summed E-state index contributed by atoms with van der Waals surface area (Å²) in [5.41, 5.74) is 0.620. The van der Waals surface area contributed by atoms with E-state index in [-0.39, 0.29) is 12.7 Å². The first kappa shape index (κ1) is 9.23. The number of hydrogen-bond donors (Lipinski definition) is 1. The van der Waals surface area contributed by atoms with E-state index in [1.165, 1.54) is 12.8 Å². The van der Waals surface area contributed by atoms with Gasteiger partial charge in [0.1, 0.15) is 0 Å². The maximum absolute atomic E-state index is 6.13. The highest BCUT2D eigenvalue weighted by Crippen LogP contribution is 2.64. The highest BCUT2D eigenvalue weighted by Gasteiger charge is 2.66. The molecule has 0 spiro atoms. The first-order valence-corrected chi connectivity index (χ1v) is 5.88. The van der Waals surface area contributed by atoms with Crippen LogP contribution >= 0.6 is 0 Å². The Morgan fingerprint density at radius 2 is 2.00 bits per heavy atom. The van der Waals surface area contributed by atoms with Crippen LogP contribution in [0.3, 0.4) is 0 Å². The van der Waals surface area contributed by atoms with E-state index in [0.717, 1.165) is 11.8 Å². The minimum atomic E-state index is 0.109. The zero-order chi connectivity index (χ0) is 10.1. The van der Waals surface area contributed by atoms with Gasteiger partial charge in [-0.1, -0.05) is 13.8 Å². The second kappa shape index (κ2) is 2.38. The van der Waals surface area contributed by atoms with Crippen LogP contribution in [-0.4, -0.2) is 18.7 Å². The molecule has 0 amide bonds. The standard InChI is InChI=1S/C11H20BNO/c1-10(2)7-5-8(10)11(3)9(6-7)13-12(4)14-11/h7-9,13H,5-6H2,1-4H3/t7-,8+,9-,11-/m0/s1. The molecule has 3 saturated carbocycles. The molecule has 1 heterocycles. The van der Waals surface area contributed by atoms with Crippen molar-refractivity contribution >= 4 is 7.05 Å². The fourth-order valence-electron chi connectivity index (χ4n) is 4.25. The molecule has 4 aliphatic rings. The summed E-state index contributed by atoms with van der Waals surface area (Å²) in [6, 6.07) is 0.606. The van der Waals surface area contributed by atoms with Gasteiger partial charge in [0, 0.05) is 6.04 Å². The van der Waals surface area contributed by atoms with Crippen LogP contribution in [0.5, 0.6) is 0 Å². The molecular formula is C11H20BNO. The third-order valence-electron chi connectivity index (χ3n) is 5.24. The highest BCUT2D eigenvalue weighted by atomic mass is 16.5. The maximum Gasteiger partial charge on any atom is 0.377 e. The third-order valence-corrected chi connectivity index (χ3v) is 5.24. The lowest BCUT2D eigenvalue weighted by molar-refractivity contribution is -0.181. The largest absolute Gasteiger partial charge is 0.414 e. The number of nitrogens with one attached hydrogen (secondary N) is 1. The van der Waals surface area contributed by atoms with Gasteiger partial charge in [-0.2, -0.15) is 0 Å². The molecule has 2 bridgehead atoms. The van der Waals surface area contributed by atoms with Crippen molar-refractivity contribution in [1.29, 1.82) is 0 Å². The minimum Gasteiger partial charge on any atom is -0.414 e. The van der Waals surface area contributed by atoms with Gasteiger partial charge < -0.3 is 9.88 Å². The van der Waals surface area contributed by atoms with E-state index in [2.05, 4.69) is 32.8 Å². The second-order valence-electron chi connectivity index (χ2n) is 6.21. The van der Waals surface area contributed by atoms with Crippen molar-refractivity contribution in [2.24, 2.45) is 17.3 Å². The van der Waals surface area contributed by atoms with Crippen LogP contribution in [0, 0.1) is 17.3 Å². The Bertz CT molecular complexity index is 280. The SMILES string of the molecule is CB1N[C@H]2C[C@@H]3C[C@H](C3(C)C)[C@]2(C)O1. The van der Waals surface area contributed by atoms with Crippen molar-refractivity contribution in [3.63, 3.8) is 0 Å². The summed E-state index contributed by atoms with van der Waals surface area (Å²) in [5, 5.41) is 3.57. The zero-order valence-corrected chi connectivity index (χ0v) is 9.63. The zero-order valence-electron chi connectivity index (χ0n) is 9.63. The molecule has 3 heteroatoms. The van der Waals surface area contributed by atoms with Crippen molar-refractivity contribution in [2.75, 3.05) is 0 Å². The minimum absolute atomic E-state index is 0.109. The van der Waals surface area contributed by atoms with Gasteiger partial charge in [0.25, 0.3) is 0 Å². The smallest absolute Gasteiger partial charge is 0.377 e. The topological polar surface area (TPSA) is 21.3 Å². The molecule has 14 heavy (non-hydrogen) atoms. The van der Waals surface area contributed by atoms with Gasteiger partial charge in [0.05, 0.1) is 5.60 Å². The summed E-state index contributed by atoms with van der Waals surface area (Å²) in [4.78, 5) is 0. The van der Waals surface area contributed by atoms with Crippen LogP contribution in [0.1, 0.15) is 33.6 Å². The molecule has 0 aromatic carbocycles. The van der Waals surface area contributed by atoms with E-state index in [1.807, 2.05) is 0 Å². The molecule has 3 aliphatic carbocycles. The van der Waals surface area contributed by atoms with E-state index in [4.69, 9.17) is 4.65 Å². The lowest BCUT2D eigenvalue weighted by atomic mass is 9.43. The summed E-state index contributed by atoms with van der Waals surface area (Å²) in [5.74, 6) is 1.68. The molecule has 4 atom stereocenters. The average molecular weight is 193 g/mol. The Morgan fingerprint density at radius 1 is 1.29 bits per heavy atom. The van der Waals surface area contributed by atoms with E-state index < -0.39 is 0 Å². The molecule has 4 rings (SSSR count). The molecule has 4 fully saturated rings. The molecule has 0 unspecified atom stereocenters. The first-order chi connectivity index (χ1) is 6.44. The molecule has 0 aromatic rings. The molecule has 78 valence electrons. The summed E-state index contributed by atoms with van der Waals surface area (Å²) >= 11 is 0. The fourth-order valence-corrected chi connectivity index (χ4v) is 4.25. The third kappa shape index (κ3) is 0.861. The van der Waals surface area contributed by atoms with E-state index in [9.17, 15) is 0 Å². The van der Waals surface area contributed by atoms with Crippen LogP contribution in [0.15, 0.2) is 0 Å². The van der Waals surface area contributed by atoms with E-state index >= 15 is 0 Å². The van der Waals surface area contributed by atoms with Crippen LogP contribution in [0.4, 0.5) is 0 Å². The van der Waals surface area contributed by atoms with Gasteiger partial charge in [-0.3, -0.25) is 0 Å². The summed E-state index contributed by atoms with van der Waals surface area (Å²) in [6.07, 6.45) is 2.69. The van der Waals surface area contributed by atoms with Gasteiger partial charge in [0.15, 0.2) is 0 Å². The van der Waals surface area contributed by atoms with Crippen molar-refractivity contribution in [3.8, 4) is 0 Å². The Kier molecular flexibility index (Phi) is 1.57. The number of hydrogen-bond acceptors (Lipinski definition) is 2. The average Bonchev–Trinajstić information content (AvgIpc) is 2.37. The Morgan fingerprint density at radius 3 is 2.64 bits per heavy atom. The predicted molar refractivity (Wildman–Crippen MR) is 58.0 cm³/mol. The molecule has 1 aliphatic heterocycles. The van der Waals surface area contributed by atoms with Crippen molar-refractivity contribution in [1.82, 2.24) is 5.23 Å². The van der Waals surface area contributed by atoms with Gasteiger partial charge in [-0.05, 0) is 43.8 Å². The normalized spacial score (nSPS) is 54.0. The van der Waals surface area contributed by atoms with Gasteiger partial charge >= 0.3 is 7.05 Å². The van der Waals surface area contributed by atoms with Crippen molar-refractivity contribution < 1.29 is 4.65 Å². The molecule has 2 nitrogen and oxygen atoms in total. The monoisotopic (exact) mass is 193 g/mol. The first-order valence-electron chi connectivity index (χ1n) is 5.88. The Labute approximate surface area is 86.9 Å². The fraction of sp³-hybridized carbons (Fsp3) is 1.00. The highest BCUT2D eigenvalue weighted by molar-refractivity contribution is 6.48. The maximum atomic E-state index is 6.13. The van der Waals surface area contributed by atoms with Crippen LogP contribution in [0.25, 0.3) is 0 Å². The van der Waals surface area contributed by atoms with E-state index in [1.54, 1.807) is 0 Å². The predicted octanol–water partition coefficient (Wildman–Crippen LogP) is 1.92. The summed E-state index contributed by atoms with van der Waals surface area (Å²) in [7, 11) is 0.250. The van der Waals surface area contributed by atoms with Crippen LogP contribution in [0.2, 0.25) is 6.82 Å². The van der Waals surface area contributed by atoms with Gasteiger partial charge in [0.2, 0.25) is 0 Å². The summed E-state index contributed by atoms with van der Waals surface area (Å²) in [6.45, 7) is 9.28. The summed E-state index contributed by atoms with van der Waals surface area (Å²) < 4.78 is 6.13. The Hall–Kier alpha value is -0.0151. The molecule has 1 saturated heterocycles. The quantitative estimate of drug-likeness (QED) is 0.593. The lowest BCUT2D eigenvalue weighted by Gasteiger charge is -2.65. The molecule has 0 radical (unpaired) electrons. The second-order valence-corrected chi connectivity index (χ2v) is 6.21. The van der Waals surface area contributed by atoms with Crippen molar-refractivity contribution in [3.05, 3.63) is 0 Å². The van der Waals surface area contributed by atoms with Crippen LogP contribution in [-0.2, 0) is 4.65 Å². The number of rotatable bonds is 0. The van der Waals surface area contributed by atoms with Crippen molar-refractivity contribution in [2.45, 2.75) is 52.1 Å². The van der Waals surface area contributed by atoms with E-state index in [0.29, 0.717) is 11.5 Å².